The molecule has 2 saturated heterocycles. The fourth-order valence-corrected chi connectivity index (χ4v) is 6.91. The van der Waals surface area contributed by atoms with Crippen LogP contribution >= 0.6 is 0 Å². The van der Waals surface area contributed by atoms with Gasteiger partial charge in [0.2, 0.25) is 0 Å². The van der Waals surface area contributed by atoms with Gasteiger partial charge in [0, 0.05) is 0 Å². The van der Waals surface area contributed by atoms with Crippen LogP contribution in [-0.2, 0) is 4.74 Å². The molecule has 5 aliphatic carbocycles. The minimum absolute atomic E-state index is 0.781. The Labute approximate surface area is 71.5 Å². The van der Waals surface area contributed by atoms with E-state index in [1.54, 1.807) is 6.42 Å². The molecule has 2 aliphatic heterocycles. The second-order valence-electron chi connectivity index (χ2n) is 6.09. The highest BCUT2D eigenvalue weighted by atomic mass is 16.5. The molecule has 0 aromatic carbocycles. The van der Waals surface area contributed by atoms with Crippen LogP contribution in [0.1, 0.15) is 6.42 Å². The van der Waals surface area contributed by atoms with Crippen LogP contribution in [0.25, 0.3) is 0 Å². The second-order valence-corrected chi connectivity index (χ2v) is 6.09. The van der Waals surface area contributed by atoms with Gasteiger partial charge < -0.3 is 4.74 Å². The zero-order valence-electron chi connectivity index (χ0n) is 6.89. The van der Waals surface area contributed by atoms with Gasteiger partial charge in [-0.3, -0.25) is 0 Å². The van der Waals surface area contributed by atoms with Gasteiger partial charge in [-0.05, 0) is 53.8 Å². The maximum Gasteiger partial charge on any atom is 0.0648 e. The molecular weight excluding hydrogens is 148 g/mol. The number of hydrogen-bond acceptors (Lipinski definition) is 1. The Bertz CT molecular complexity index is 246. The van der Waals surface area contributed by atoms with Gasteiger partial charge in [-0.25, -0.2) is 0 Å². The van der Waals surface area contributed by atoms with Gasteiger partial charge in [0.05, 0.1) is 12.2 Å². The third kappa shape index (κ3) is 0.222. The fourth-order valence-electron chi connectivity index (χ4n) is 6.91. The quantitative estimate of drug-likeness (QED) is 0.516. The highest BCUT2D eigenvalue weighted by Crippen LogP contribution is 2.87. The Morgan fingerprint density at radius 3 is 1.83 bits per heavy atom. The van der Waals surface area contributed by atoms with Gasteiger partial charge >= 0.3 is 0 Å². The van der Waals surface area contributed by atoms with E-state index in [4.69, 9.17) is 4.74 Å². The van der Waals surface area contributed by atoms with E-state index in [0.717, 1.165) is 47.7 Å². The van der Waals surface area contributed by atoms with Crippen LogP contribution in [-0.4, -0.2) is 12.2 Å². The standard InChI is InChI=1S/C11H12O/c1-2-4-5-3(1)7-6(2)10-8(4)9(5)11(7)12-10/h2-11H,1H2/t2-,3+,4-,5-,6+,7+,8-,9+,10+,11+/m0/s1. The summed E-state index contributed by atoms with van der Waals surface area (Å²) >= 11 is 0. The maximum absolute atomic E-state index is 6.17. The zero-order chi connectivity index (χ0) is 7.19. The molecule has 7 fully saturated rings. The Kier molecular flexibility index (Phi) is 0.443. The summed E-state index contributed by atoms with van der Waals surface area (Å²) in [6.07, 6.45) is 3.18. The van der Waals surface area contributed by atoms with Crippen molar-refractivity contribution in [2.75, 3.05) is 0 Å². The first kappa shape index (κ1) is 4.99. The second kappa shape index (κ2) is 1.06. The molecule has 0 unspecified atom stereocenters. The molecule has 12 heavy (non-hydrogen) atoms. The fraction of sp³-hybridized carbons (Fsp3) is 1.00. The predicted octanol–water partition coefficient (Wildman–Crippen LogP) is 1.14. The van der Waals surface area contributed by atoms with Crippen molar-refractivity contribution >= 4 is 0 Å². The average Bonchev–Trinajstić information content (AvgIpc) is 2.51. The number of ether oxygens (including phenoxy) is 1. The van der Waals surface area contributed by atoms with Crippen molar-refractivity contribution in [3.63, 3.8) is 0 Å². The molecule has 0 spiro atoms. The summed E-state index contributed by atoms with van der Waals surface area (Å²) in [6.45, 7) is 0. The molecule has 0 amide bonds. The van der Waals surface area contributed by atoms with E-state index in [1.165, 1.54) is 11.8 Å². The SMILES string of the molecule is C1[C@@H]2[C@H]3[C@@H]4[C@H]1[C@H]1[C@H]5O[C@@H]([C@H]3[C@@H]54)[C@H]21. The van der Waals surface area contributed by atoms with Crippen LogP contribution < -0.4 is 0 Å². The predicted molar refractivity (Wildman–Crippen MR) is 41.2 cm³/mol. The van der Waals surface area contributed by atoms with E-state index >= 15 is 0 Å². The summed E-state index contributed by atoms with van der Waals surface area (Å²) < 4.78 is 6.17. The molecule has 0 N–H and O–H groups in total. The number of rotatable bonds is 0. The Morgan fingerprint density at radius 1 is 0.667 bits per heavy atom. The van der Waals surface area contributed by atoms with Gasteiger partial charge in [-0.15, -0.1) is 0 Å². The molecule has 7 aliphatic rings. The highest BCUT2D eigenvalue weighted by Gasteiger charge is 2.87. The van der Waals surface area contributed by atoms with Crippen LogP contribution in [0.2, 0.25) is 0 Å². The lowest BCUT2D eigenvalue weighted by molar-refractivity contribution is 0.0368. The number of hydrogen-bond donors (Lipinski definition) is 0. The Morgan fingerprint density at radius 2 is 1.25 bits per heavy atom. The molecule has 0 aromatic rings. The normalized spacial score (nSPS) is 94.0. The van der Waals surface area contributed by atoms with Crippen LogP contribution in [0.5, 0.6) is 0 Å². The summed E-state index contributed by atoms with van der Waals surface area (Å²) in [6, 6.07) is 0. The first-order chi connectivity index (χ1) is 5.97. The van der Waals surface area contributed by atoms with Crippen molar-refractivity contribution in [3.8, 4) is 0 Å². The summed E-state index contributed by atoms with van der Waals surface area (Å²) in [5.74, 6) is 8.98. The third-order valence-corrected chi connectivity index (χ3v) is 6.58. The summed E-state index contributed by atoms with van der Waals surface area (Å²) in [5.41, 5.74) is 0. The van der Waals surface area contributed by atoms with Crippen LogP contribution in [0.15, 0.2) is 0 Å². The molecule has 2 heterocycles. The van der Waals surface area contributed by atoms with Gasteiger partial charge in [0.1, 0.15) is 0 Å². The van der Waals surface area contributed by atoms with Gasteiger partial charge in [-0.2, -0.15) is 0 Å². The van der Waals surface area contributed by atoms with Crippen molar-refractivity contribution in [2.24, 2.45) is 47.3 Å². The summed E-state index contributed by atoms with van der Waals surface area (Å²) in [4.78, 5) is 0. The summed E-state index contributed by atoms with van der Waals surface area (Å²) in [7, 11) is 0. The van der Waals surface area contributed by atoms with E-state index in [-0.39, 0.29) is 0 Å². The third-order valence-electron chi connectivity index (χ3n) is 6.58. The van der Waals surface area contributed by atoms with E-state index in [1.807, 2.05) is 0 Å². The Balaban J connectivity index is 1.86. The molecule has 1 nitrogen and oxygen atoms in total. The molecule has 5 saturated carbocycles. The van der Waals surface area contributed by atoms with E-state index in [2.05, 4.69) is 0 Å². The lowest BCUT2D eigenvalue weighted by Gasteiger charge is -2.43. The zero-order valence-corrected chi connectivity index (χ0v) is 6.89. The lowest BCUT2D eigenvalue weighted by Crippen LogP contribution is -2.43. The molecule has 0 radical (unpaired) electrons. The smallest absolute Gasteiger partial charge is 0.0648 e. The first-order valence-electron chi connectivity index (χ1n) is 5.62. The van der Waals surface area contributed by atoms with Gasteiger partial charge in [-0.1, -0.05) is 0 Å². The molecule has 1 heteroatoms. The van der Waals surface area contributed by atoms with Gasteiger partial charge in [0.15, 0.2) is 0 Å². The van der Waals surface area contributed by atoms with Crippen LogP contribution in [0.3, 0.4) is 0 Å². The van der Waals surface area contributed by atoms with Gasteiger partial charge in [0.25, 0.3) is 0 Å². The van der Waals surface area contributed by atoms with Crippen molar-refractivity contribution in [3.05, 3.63) is 0 Å². The molecule has 7 rings (SSSR count). The highest BCUT2D eigenvalue weighted by molar-refractivity contribution is 5.34. The maximum atomic E-state index is 6.17. The molecule has 62 valence electrons. The monoisotopic (exact) mass is 160 g/mol. The summed E-state index contributed by atoms with van der Waals surface area (Å²) in [5, 5.41) is 0. The van der Waals surface area contributed by atoms with Crippen LogP contribution in [0, 0.1) is 47.3 Å². The van der Waals surface area contributed by atoms with Crippen molar-refractivity contribution in [2.45, 2.75) is 18.6 Å². The van der Waals surface area contributed by atoms with Crippen molar-refractivity contribution < 1.29 is 4.74 Å². The topological polar surface area (TPSA) is 9.23 Å². The van der Waals surface area contributed by atoms with E-state index in [0.29, 0.717) is 0 Å². The minimum atomic E-state index is 0.781. The minimum Gasteiger partial charge on any atom is -0.374 e. The van der Waals surface area contributed by atoms with Crippen molar-refractivity contribution in [1.82, 2.24) is 0 Å². The van der Waals surface area contributed by atoms with Crippen LogP contribution in [0.4, 0.5) is 0 Å². The molecular formula is C11H12O. The average molecular weight is 160 g/mol. The molecule has 4 bridgehead atoms. The van der Waals surface area contributed by atoms with E-state index in [9.17, 15) is 0 Å². The van der Waals surface area contributed by atoms with E-state index < -0.39 is 0 Å². The first-order valence-corrected chi connectivity index (χ1v) is 5.62. The lowest BCUT2D eigenvalue weighted by atomic mass is 9.60. The molecule has 0 aromatic heterocycles. The largest absolute Gasteiger partial charge is 0.374 e. The molecule has 10 atom stereocenters. The van der Waals surface area contributed by atoms with Crippen molar-refractivity contribution in [1.29, 1.82) is 0 Å². The Hall–Kier alpha value is -0.0400.